The molecule has 0 aliphatic rings. The zero-order valence-electron chi connectivity index (χ0n) is 8.85. The van der Waals surface area contributed by atoms with E-state index in [1.807, 2.05) is 30.3 Å². The van der Waals surface area contributed by atoms with Crippen molar-refractivity contribution in [2.45, 2.75) is 6.54 Å². The largest absolute Gasteiger partial charge is 0.397 e. The summed E-state index contributed by atoms with van der Waals surface area (Å²) >= 11 is 0. The zero-order chi connectivity index (χ0) is 12.3. The number of nitrogens with zero attached hydrogens (tertiary/aromatic N) is 2. The molecule has 0 radical (unpaired) electrons. The molecule has 0 atom stereocenters. The van der Waals surface area contributed by atoms with Crippen LogP contribution in [0.5, 0.6) is 0 Å². The average Bonchev–Trinajstić information content (AvgIpc) is 2.27. The van der Waals surface area contributed by atoms with Crippen LogP contribution in [0.15, 0.2) is 36.5 Å². The van der Waals surface area contributed by atoms with Crippen LogP contribution in [-0.4, -0.2) is 24.7 Å². The predicted octanol–water partition coefficient (Wildman–Crippen LogP) is 0.342. The highest BCUT2D eigenvalue weighted by atomic mass is 32.3. The Hall–Kier alpha value is -1.57. The number of hydrogen-bond donors (Lipinski definition) is 1. The van der Waals surface area contributed by atoms with Gasteiger partial charge in [0.05, 0.1) is 0 Å². The molecule has 0 saturated heterocycles. The van der Waals surface area contributed by atoms with E-state index in [0.29, 0.717) is 0 Å². The van der Waals surface area contributed by atoms with Gasteiger partial charge in [0, 0.05) is 16.6 Å². The van der Waals surface area contributed by atoms with Crippen LogP contribution in [0.2, 0.25) is 0 Å². The Morgan fingerprint density at radius 3 is 2.82 bits per heavy atom. The van der Waals surface area contributed by atoms with Crippen LogP contribution in [0.25, 0.3) is 10.9 Å². The van der Waals surface area contributed by atoms with Gasteiger partial charge in [0.15, 0.2) is 12.7 Å². The summed E-state index contributed by atoms with van der Waals surface area (Å²) in [4.78, 5) is 0. The normalized spacial score (nSPS) is 11.8. The molecule has 0 amide bonds. The van der Waals surface area contributed by atoms with Crippen LogP contribution in [0.1, 0.15) is 0 Å². The lowest BCUT2D eigenvalue weighted by molar-refractivity contribution is -0.752. The molecule has 1 aromatic heterocycles. The summed E-state index contributed by atoms with van der Waals surface area (Å²) < 4.78 is 34.8. The molecule has 0 aliphatic carbocycles. The van der Waals surface area contributed by atoms with Gasteiger partial charge in [0.2, 0.25) is 0 Å². The van der Waals surface area contributed by atoms with Crippen molar-refractivity contribution in [3.63, 3.8) is 0 Å². The molecule has 0 fully saturated rings. The molecule has 0 unspecified atom stereocenters. The summed E-state index contributed by atoms with van der Waals surface area (Å²) in [7, 11) is -4.38. The number of aromatic nitrogens is 2. The van der Waals surface area contributed by atoms with Crippen LogP contribution in [-0.2, 0) is 21.1 Å². The molecule has 0 spiro atoms. The summed E-state index contributed by atoms with van der Waals surface area (Å²) in [5, 5.41) is 5.25. The highest BCUT2D eigenvalue weighted by Crippen LogP contribution is 2.06. The maximum absolute atomic E-state index is 10.3. The second-order valence-corrected chi connectivity index (χ2v) is 4.48. The highest BCUT2D eigenvalue weighted by molar-refractivity contribution is 7.80. The third-order valence-corrected chi connectivity index (χ3v) is 2.62. The van der Waals surface area contributed by atoms with Gasteiger partial charge in [0.25, 0.3) is 0 Å². The van der Waals surface area contributed by atoms with E-state index in [1.165, 1.54) is 0 Å². The summed E-state index contributed by atoms with van der Waals surface area (Å²) in [6.07, 6.45) is 1.72. The van der Waals surface area contributed by atoms with Crippen LogP contribution in [0.3, 0.4) is 0 Å². The highest BCUT2D eigenvalue weighted by Gasteiger charge is 2.09. The molecule has 0 bridgehead atoms. The van der Waals surface area contributed by atoms with Crippen molar-refractivity contribution in [2.24, 2.45) is 0 Å². The van der Waals surface area contributed by atoms with Crippen molar-refractivity contribution in [1.29, 1.82) is 0 Å². The van der Waals surface area contributed by atoms with Gasteiger partial charge in [-0.15, -0.1) is 0 Å². The number of hydrogen-bond acceptors (Lipinski definition) is 4. The van der Waals surface area contributed by atoms with Gasteiger partial charge in [0.1, 0.15) is 12.1 Å². The molecular weight excluding hydrogens is 244 g/mol. The second-order valence-electron chi connectivity index (χ2n) is 3.39. The van der Waals surface area contributed by atoms with E-state index in [4.69, 9.17) is 4.55 Å². The fraction of sp³-hybridized carbons (Fsp3) is 0.200. The van der Waals surface area contributed by atoms with Gasteiger partial charge < -0.3 is 0 Å². The van der Waals surface area contributed by atoms with Crippen molar-refractivity contribution >= 4 is 21.3 Å². The first kappa shape index (κ1) is 11.9. The topological polar surface area (TPSA) is 80.4 Å². The molecular formula is C10H11N2O4S+. The van der Waals surface area contributed by atoms with E-state index < -0.39 is 10.4 Å². The Balaban J connectivity index is 2.09. The maximum Gasteiger partial charge on any atom is 0.397 e. The number of benzene rings is 1. The smallest absolute Gasteiger partial charge is 0.264 e. The molecule has 90 valence electrons. The molecule has 2 aromatic rings. The zero-order valence-corrected chi connectivity index (χ0v) is 9.67. The lowest BCUT2D eigenvalue weighted by Crippen LogP contribution is -2.39. The second kappa shape index (κ2) is 4.74. The standard InChI is InChI=1S/C10H10N2O4S/c13-17(14,15)16-8-7-12-6-5-9-3-1-2-4-10(9)11-12/h1-6H,7-8H2/p+1. The SMILES string of the molecule is O=S(=O)(O)OCC[n+]1ccc2ccccc2n1. The van der Waals surface area contributed by atoms with Crippen molar-refractivity contribution < 1.29 is 21.8 Å². The fourth-order valence-electron chi connectivity index (χ4n) is 1.42. The van der Waals surface area contributed by atoms with E-state index in [-0.39, 0.29) is 13.2 Å². The molecule has 0 saturated carbocycles. The van der Waals surface area contributed by atoms with E-state index in [0.717, 1.165) is 10.9 Å². The van der Waals surface area contributed by atoms with E-state index in [2.05, 4.69) is 9.28 Å². The first-order valence-corrected chi connectivity index (χ1v) is 6.28. The molecule has 17 heavy (non-hydrogen) atoms. The fourth-order valence-corrected chi connectivity index (χ4v) is 1.70. The Labute approximate surface area is 98.4 Å². The number of rotatable bonds is 4. The average molecular weight is 255 g/mol. The van der Waals surface area contributed by atoms with Crippen LogP contribution >= 0.6 is 0 Å². The molecule has 6 nitrogen and oxygen atoms in total. The molecule has 1 N–H and O–H groups in total. The molecule has 1 heterocycles. The minimum Gasteiger partial charge on any atom is -0.264 e. The van der Waals surface area contributed by atoms with Gasteiger partial charge in [-0.3, -0.25) is 4.55 Å². The van der Waals surface area contributed by atoms with Crippen LogP contribution < -0.4 is 4.68 Å². The minimum atomic E-state index is -4.38. The lowest BCUT2D eigenvalue weighted by Gasteiger charge is -1.97. The first-order chi connectivity index (χ1) is 8.04. The first-order valence-electron chi connectivity index (χ1n) is 4.92. The van der Waals surface area contributed by atoms with Crippen LogP contribution in [0.4, 0.5) is 0 Å². The Morgan fingerprint density at radius 1 is 1.29 bits per heavy atom. The van der Waals surface area contributed by atoms with Gasteiger partial charge >= 0.3 is 10.4 Å². The van der Waals surface area contributed by atoms with E-state index in [1.54, 1.807) is 10.9 Å². The maximum atomic E-state index is 10.3. The summed E-state index contributed by atoms with van der Waals surface area (Å²) in [5.74, 6) is 0. The van der Waals surface area contributed by atoms with E-state index in [9.17, 15) is 8.42 Å². The summed E-state index contributed by atoms with van der Waals surface area (Å²) in [5.41, 5.74) is 0.807. The molecule has 1 aromatic carbocycles. The van der Waals surface area contributed by atoms with Crippen molar-refractivity contribution in [3.8, 4) is 0 Å². The Bertz CT molecular complexity index is 627. The van der Waals surface area contributed by atoms with Crippen molar-refractivity contribution in [3.05, 3.63) is 36.5 Å². The molecule has 0 aliphatic heterocycles. The van der Waals surface area contributed by atoms with Gasteiger partial charge in [-0.2, -0.15) is 8.42 Å². The van der Waals surface area contributed by atoms with Gasteiger partial charge in [-0.1, -0.05) is 22.9 Å². The van der Waals surface area contributed by atoms with Gasteiger partial charge in [-0.05, 0) is 6.07 Å². The van der Waals surface area contributed by atoms with Gasteiger partial charge in [-0.25, -0.2) is 4.18 Å². The Kier molecular flexibility index (Phi) is 3.32. The van der Waals surface area contributed by atoms with Crippen molar-refractivity contribution in [1.82, 2.24) is 5.10 Å². The molecule has 7 heteroatoms. The third kappa shape index (κ3) is 3.45. The third-order valence-electron chi connectivity index (χ3n) is 2.15. The molecule has 2 rings (SSSR count). The lowest BCUT2D eigenvalue weighted by atomic mass is 10.2. The van der Waals surface area contributed by atoms with Crippen LogP contribution in [0, 0.1) is 0 Å². The monoisotopic (exact) mass is 255 g/mol. The number of fused-ring (bicyclic) bond motifs is 1. The van der Waals surface area contributed by atoms with Crippen molar-refractivity contribution in [2.75, 3.05) is 6.61 Å². The quantitative estimate of drug-likeness (QED) is 0.629. The summed E-state index contributed by atoms with van der Waals surface area (Å²) in [6, 6.07) is 9.44. The predicted molar refractivity (Wildman–Crippen MR) is 59.4 cm³/mol. The van der Waals surface area contributed by atoms with E-state index >= 15 is 0 Å². The summed E-state index contributed by atoms with van der Waals surface area (Å²) in [6.45, 7) is 0.0828. The minimum absolute atomic E-state index is 0.158. The Morgan fingerprint density at radius 2 is 2.06 bits per heavy atom.